The van der Waals surface area contributed by atoms with Crippen LogP contribution in [0.15, 0.2) is 156 Å². The first kappa shape index (κ1) is 45.9. The maximum absolute atomic E-state index is 10.3. The van der Waals surface area contributed by atoms with Crippen LogP contribution in [0, 0.1) is 0 Å². The van der Waals surface area contributed by atoms with E-state index in [4.69, 9.17) is 32.0 Å². The van der Waals surface area contributed by atoms with Crippen molar-refractivity contribution in [3.63, 3.8) is 0 Å². The molecule has 0 spiro atoms. The molecule has 0 fully saturated rings. The van der Waals surface area contributed by atoms with Crippen LogP contribution in [0.5, 0.6) is 34.5 Å². The monoisotopic (exact) mass is 915 g/mol. The van der Waals surface area contributed by atoms with Gasteiger partial charge in [-0.3, -0.25) is 0 Å². The van der Waals surface area contributed by atoms with Gasteiger partial charge in [-0.2, -0.15) is 0 Å². The van der Waals surface area contributed by atoms with Gasteiger partial charge >= 0.3 is 370 Å². The fraction of sp³-hybridized carbons (Fsp3) is 0.217. The van der Waals surface area contributed by atoms with Crippen LogP contribution in [-0.4, -0.2) is 63.2 Å². The quantitative estimate of drug-likeness (QED) is 0.0357. The third-order valence-corrected chi connectivity index (χ3v) is 18.4. The molecule has 1 aliphatic heterocycles. The molecule has 0 aromatic heterocycles. The average Bonchev–Trinajstić information content (AvgIpc) is 3.29. The van der Waals surface area contributed by atoms with E-state index in [2.05, 4.69) is 4.86 Å². The van der Waals surface area contributed by atoms with Crippen LogP contribution in [0.1, 0.15) is 27.8 Å². The van der Waals surface area contributed by atoms with E-state index >= 15 is 0 Å². The SMILES string of the molecule is OCCc1ccccc1OP1(Oc2ccccc2CCO)=NPNP(Oc2ccccc2CCO)(Oc2ccccc2CCO)(Oc2ccccc2CCO)N1Oc1ccccc1. The number of aliphatic hydroxyl groups excluding tert-OH is 5. The number of benzene rings is 6. The molecule has 0 radical (unpaired) electrons. The molecule has 1 aliphatic rings. The van der Waals surface area contributed by atoms with Crippen LogP contribution in [-0.2, 0) is 32.1 Å². The second kappa shape index (κ2) is 21.5. The van der Waals surface area contributed by atoms with Crippen molar-refractivity contribution >= 4 is 24.1 Å². The van der Waals surface area contributed by atoms with E-state index in [0.29, 0.717) is 39.3 Å². The minimum absolute atomic E-state index is 0.184. The summed E-state index contributed by atoms with van der Waals surface area (Å²) in [7, 11) is -10.8. The Bertz CT molecular complexity index is 2300. The van der Waals surface area contributed by atoms with Crippen molar-refractivity contribution in [1.82, 2.24) is 9.46 Å². The van der Waals surface area contributed by atoms with Gasteiger partial charge in [0.05, 0.1) is 0 Å². The molecule has 6 N–H and O–H groups in total. The van der Waals surface area contributed by atoms with Crippen molar-refractivity contribution in [1.29, 1.82) is 0 Å². The molecule has 1 heterocycles. The second-order valence-electron chi connectivity index (χ2n) is 14.2. The molecule has 63 heavy (non-hydrogen) atoms. The van der Waals surface area contributed by atoms with E-state index in [1.54, 1.807) is 84.9 Å². The first-order chi connectivity index (χ1) is 30.9. The van der Waals surface area contributed by atoms with E-state index in [9.17, 15) is 25.5 Å². The number of hydrogen-bond donors (Lipinski definition) is 6. The molecule has 14 nitrogen and oxygen atoms in total. The number of aliphatic hydroxyl groups is 5. The molecule has 0 aliphatic carbocycles. The standard InChI is InChI=1S/C46H52N3O11P3/c50-31-26-36-14-4-9-21-42(36)56-62(57-43-22-10-5-15-37(43)27-32-51)47-61-48-63(49(62)55-41-19-2-1-3-20-41,58-44-23-11-6-16-38(44)28-33-52,59-45-24-12-7-17-39(45)29-34-53)60-46-25-13-8-18-40(46)30-35-54/h1-25,48,50-54,61H,26-35H2. The predicted octanol–water partition coefficient (Wildman–Crippen LogP) is 8.54. The fourth-order valence-corrected chi connectivity index (χ4v) is 16.4. The van der Waals surface area contributed by atoms with Crippen LogP contribution in [0.3, 0.4) is 0 Å². The number of nitrogens with one attached hydrogen (secondary N) is 1. The maximum atomic E-state index is 10.3. The molecule has 0 bridgehead atoms. The molecule has 1 atom stereocenters. The van der Waals surface area contributed by atoms with Gasteiger partial charge in [-0.1, -0.05) is 0 Å². The summed E-state index contributed by atoms with van der Waals surface area (Å²) in [4.78, 5) is 10.7. The van der Waals surface area contributed by atoms with Gasteiger partial charge in [0.2, 0.25) is 0 Å². The number of nitrogens with zero attached hydrogens (tertiary/aromatic N) is 2. The second-order valence-corrected chi connectivity index (χ2v) is 20.7. The summed E-state index contributed by atoms with van der Waals surface area (Å²) in [6, 6.07) is 44.8. The Balaban J connectivity index is 1.64. The van der Waals surface area contributed by atoms with Crippen LogP contribution < -0.4 is 32.3 Å². The summed E-state index contributed by atoms with van der Waals surface area (Å²) in [5.41, 5.74) is 3.08. The molecule has 6 aromatic carbocycles. The summed E-state index contributed by atoms with van der Waals surface area (Å²) in [6.07, 6.45) is 1.01. The zero-order valence-electron chi connectivity index (χ0n) is 34.5. The van der Waals surface area contributed by atoms with Gasteiger partial charge in [-0.25, -0.2) is 0 Å². The molecule has 1 unspecified atom stereocenters. The first-order valence-electron chi connectivity index (χ1n) is 20.5. The minimum atomic E-state index is -5.78. The van der Waals surface area contributed by atoms with Crippen LogP contribution in [0.2, 0.25) is 0 Å². The number of hydrogen-bond acceptors (Lipinski definition) is 14. The normalized spacial score (nSPS) is 16.2. The van der Waals surface area contributed by atoms with E-state index in [-0.39, 0.29) is 88.1 Å². The summed E-state index contributed by atoms with van der Waals surface area (Å²) >= 11 is 0. The Morgan fingerprint density at radius 3 is 1.13 bits per heavy atom. The Labute approximate surface area is 369 Å². The van der Waals surface area contributed by atoms with Gasteiger partial charge in [0.15, 0.2) is 0 Å². The van der Waals surface area contributed by atoms with Crippen molar-refractivity contribution in [2.75, 3.05) is 33.0 Å². The van der Waals surface area contributed by atoms with Crippen LogP contribution >= 0.6 is 24.1 Å². The van der Waals surface area contributed by atoms with Crippen molar-refractivity contribution in [2.24, 2.45) is 4.52 Å². The van der Waals surface area contributed by atoms with Gasteiger partial charge < -0.3 is 0 Å². The Morgan fingerprint density at radius 1 is 0.444 bits per heavy atom. The summed E-state index contributed by atoms with van der Waals surface area (Å²) < 4.78 is 43.7. The van der Waals surface area contributed by atoms with Gasteiger partial charge in [0.25, 0.3) is 0 Å². The van der Waals surface area contributed by atoms with E-state index < -0.39 is 24.1 Å². The van der Waals surface area contributed by atoms with Crippen molar-refractivity contribution in [2.45, 2.75) is 32.1 Å². The third-order valence-electron chi connectivity index (χ3n) is 9.84. The molecule has 0 amide bonds. The average molecular weight is 916 g/mol. The summed E-state index contributed by atoms with van der Waals surface area (Å²) in [5, 5.41) is 51.5. The van der Waals surface area contributed by atoms with E-state index in [1.165, 1.54) is 4.60 Å². The number of rotatable bonds is 22. The molecule has 0 saturated carbocycles. The molecule has 0 saturated heterocycles. The van der Waals surface area contributed by atoms with E-state index in [1.807, 2.05) is 66.7 Å². The van der Waals surface area contributed by atoms with Crippen molar-refractivity contribution in [3.8, 4) is 34.5 Å². The predicted molar refractivity (Wildman–Crippen MR) is 246 cm³/mol. The molecule has 7 rings (SSSR count). The zero-order chi connectivity index (χ0) is 44.0. The molecular weight excluding hydrogens is 863 g/mol. The van der Waals surface area contributed by atoms with E-state index in [0.717, 1.165) is 0 Å². The van der Waals surface area contributed by atoms with Gasteiger partial charge in [-0.05, 0) is 0 Å². The van der Waals surface area contributed by atoms with Crippen LogP contribution in [0.4, 0.5) is 0 Å². The van der Waals surface area contributed by atoms with Crippen molar-refractivity contribution < 1.29 is 53.0 Å². The topological polar surface area (TPSA) is 184 Å². The molecule has 332 valence electrons. The molecule has 6 aromatic rings. The number of para-hydroxylation sites is 6. The Morgan fingerprint density at radius 2 is 0.762 bits per heavy atom. The summed E-state index contributed by atoms with van der Waals surface area (Å²) in [6.45, 7) is -0.999. The van der Waals surface area contributed by atoms with Gasteiger partial charge in [0.1, 0.15) is 0 Å². The van der Waals surface area contributed by atoms with Gasteiger partial charge in [-0.15, -0.1) is 0 Å². The molecule has 17 heteroatoms. The first-order valence-corrected chi connectivity index (χ1v) is 24.9. The molecular formula is C46H52N3O11P3. The fourth-order valence-electron chi connectivity index (χ4n) is 6.88. The van der Waals surface area contributed by atoms with Crippen LogP contribution in [0.25, 0.3) is 0 Å². The zero-order valence-corrected chi connectivity index (χ0v) is 37.3. The van der Waals surface area contributed by atoms with Gasteiger partial charge in [0, 0.05) is 0 Å². The van der Waals surface area contributed by atoms with Crippen molar-refractivity contribution in [3.05, 3.63) is 179 Å². The Kier molecular flexibility index (Phi) is 15.7. The Hall–Kier alpha value is -5.07. The summed E-state index contributed by atoms with van der Waals surface area (Å²) in [5.74, 6) is 1.67. The third kappa shape index (κ3) is 10.5.